The molecule has 0 unspecified atom stereocenters. The number of allylic oxidation sites excluding steroid dienone is 1. The Kier molecular flexibility index (Phi) is 10.9. The number of amides is 3. The summed E-state index contributed by atoms with van der Waals surface area (Å²) >= 11 is 0. The number of nitrogens with one attached hydrogen (secondary N) is 2. The van der Waals surface area contributed by atoms with Crippen LogP contribution in [0.25, 0.3) is 17.0 Å². The third-order valence-electron chi connectivity index (χ3n) is 8.76. The topological polar surface area (TPSA) is 147 Å². The number of likely N-dealkylation sites (tertiary alicyclic amines) is 1. The molecule has 274 valence electrons. The fourth-order valence-electron chi connectivity index (χ4n) is 5.70. The number of carbonyl (C=O) groups excluding carboxylic acids is 3. The summed E-state index contributed by atoms with van der Waals surface area (Å²) in [5.41, 5.74) is -4.61. The molecular formula is C34H37F4N5O7S. The van der Waals surface area contributed by atoms with Gasteiger partial charge in [0, 0.05) is 18.0 Å². The van der Waals surface area contributed by atoms with E-state index in [2.05, 4.69) is 19.8 Å². The van der Waals surface area contributed by atoms with E-state index >= 15 is 0 Å². The van der Waals surface area contributed by atoms with Crippen LogP contribution in [-0.2, 0) is 19.7 Å². The average molecular weight is 736 g/mol. The number of likely N-dealkylation sites (N-methyl/N-ethyl adjacent to an activating group) is 1. The first kappa shape index (κ1) is 37.5. The van der Waals surface area contributed by atoms with Gasteiger partial charge in [-0.05, 0) is 93.7 Å². The molecule has 2 fully saturated rings. The summed E-state index contributed by atoms with van der Waals surface area (Å²) in [7, 11) is -1.31. The van der Waals surface area contributed by atoms with Crippen LogP contribution >= 0.6 is 0 Å². The van der Waals surface area contributed by atoms with E-state index in [-0.39, 0.29) is 36.0 Å². The summed E-state index contributed by atoms with van der Waals surface area (Å²) in [6.07, 6.45) is 5.78. The maximum atomic E-state index is 13.8. The SMILES string of the molecule is COc1cc(/C=C/C2CC2)c([C@H](C)NC(=O)[C@@H]2C[C@@H](N(C)C)CN2C(=O)CNC(=O)c2ccc3cc(F)ccc3n2)cc1OS(=O)(=O)C(F)(F)F. The highest BCUT2D eigenvalue weighted by Crippen LogP contribution is 2.39. The molecule has 2 heterocycles. The molecule has 1 aliphatic carbocycles. The Bertz CT molecular complexity index is 1970. The predicted molar refractivity (Wildman–Crippen MR) is 179 cm³/mol. The van der Waals surface area contributed by atoms with Gasteiger partial charge in [-0.1, -0.05) is 18.2 Å². The van der Waals surface area contributed by atoms with Crippen LogP contribution in [0.15, 0.2) is 48.5 Å². The van der Waals surface area contributed by atoms with Crippen molar-refractivity contribution < 1.29 is 49.3 Å². The van der Waals surface area contributed by atoms with Crippen molar-refractivity contribution in [1.82, 2.24) is 25.4 Å². The highest BCUT2D eigenvalue weighted by Gasteiger charge is 2.49. The fourth-order valence-corrected chi connectivity index (χ4v) is 6.16. The number of pyridine rings is 1. The first-order valence-electron chi connectivity index (χ1n) is 16.0. The number of nitrogens with zero attached hydrogens (tertiary/aromatic N) is 3. The average Bonchev–Trinajstić information content (AvgIpc) is 3.79. The molecule has 1 aliphatic heterocycles. The largest absolute Gasteiger partial charge is 0.534 e. The number of hydrogen-bond donors (Lipinski definition) is 2. The number of fused-ring (bicyclic) bond motifs is 1. The molecule has 2 aliphatic rings. The molecule has 3 aromatic rings. The van der Waals surface area contributed by atoms with Crippen molar-refractivity contribution in [2.24, 2.45) is 5.92 Å². The second-order valence-electron chi connectivity index (χ2n) is 12.7. The molecule has 3 amide bonds. The molecule has 12 nitrogen and oxygen atoms in total. The van der Waals surface area contributed by atoms with Crippen LogP contribution in [0.3, 0.4) is 0 Å². The lowest BCUT2D eigenvalue weighted by Gasteiger charge is -2.26. The van der Waals surface area contributed by atoms with E-state index in [0.29, 0.717) is 22.4 Å². The maximum Gasteiger partial charge on any atom is 0.534 e. The lowest BCUT2D eigenvalue weighted by molar-refractivity contribution is -0.138. The van der Waals surface area contributed by atoms with Crippen molar-refractivity contribution >= 4 is 44.8 Å². The standard InChI is InChI=1S/C34H37F4N5O7S/c1-19(25-16-30(50-51(47,48)34(36,37)38)29(49-4)14-21(25)8-7-20-5-6-20)40-33(46)28-15-24(42(2)3)18-43(28)31(44)17-39-32(45)27-11-9-22-13-23(35)10-12-26(22)41-27/h7-14,16,19-20,24,28H,5-6,15,17-18H2,1-4H3,(H,39,45)(H,40,46)/b8-7+/t19-,24+,28-/m0/s1. The summed E-state index contributed by atoms with van der Waals surface area (Å²) in [5.74, 6) is -2.91. The van der Waals surface area contributed by atoms with Gasteiger partial charge in [-0.3, -0.25) is 14.4 Å². The van der Waals surface area contributed by atoms with Crippen LogP contribution in [0.2, 0.25) is 0 Å². The van der Waals surface area contributed by atoms with Gasteiger partial charge < -0.3 is 29.4 Å². The molecule has 2 aromatic carbocycles. The van der Waals surface area contributed by atoms with Gasteiger partial charge >= 0.3 is 15.6 Å². The Morgan fingerprint density at radius 1 is 1.10 bits per heavy atom. The van der Waals surface area contributed by atoms with E-state index in [1.165, 1.54) is 41.3 Å². The summed E-state index contributed by atoms with van der Waals surface area (Å²) in [6, 6.07) is 7.16. The first-order valence-corrected chi connectivity index (χ1v) is 17.4. The lowest BCUT2D eigenvalue weighted by atomic mass is 9.99. The van der Waals surface area contributed by atoms with E-state index in [9.17, 15) is 40.4 Å². The summed E-state index contributed by atoms with van der Waals surface area (Å²) in [4.78, 5) is 47.6. The zero-order chi connectivity index (χ0) is 37.2. The number of alkyl halides is 3. The Labute approximate surface area is 291 Å². The molecule has 51 heavy (non-hydrogen) atoms. The minimum Gasteiger partial charge on any atom is -0.493 e. The molecule has 2 N–H and O–H groups in total. The molecule has 0 radical (unpaired) electrons. The van der Waals surface area contributed by atoms with Gasteiger partial charge in [-0.25, -0.2) is 9.37 Å². The van der Waals surface area contributed by atoms with Crippen molar-refractivity contribution in [2.75, 3.05) is 34.3 Å². The van der Waals surface area contributed by atoms with Crippen LogP contribution in [0, 0.1) is 11.7 Å². The third-order valence-corrected chi connectivity index (χ3v) is 9.73. The molecule has 1 saturated heterocycles. The predicted octanol–water partition coefficient (Wildman–Crippen LogP) is 4.17. The fraction of sp³-hybridized carbons (Fsp3) is 0.412. The van der Waals surface area contributed by atoms with E-state index in [1.807, 2.05) is 11.0 Å². The van der Waals surface area contributed by atoms with E-state index in [1.54, 1.807) is 27.1 Å². The number of hydrogen-bond acceptors (Lipinski definition) is 9. The minimum atomic E-state index is -6.04. The van der Waals surface area contributed by atoms with Crippen molar-refractivity contribution in [2.45, 2.75) is 49.8 Å². The monoisotopic (exact) mass is 735 g/mol. The highest BCUT2D eigenvalue weighted by atomic mass is 32.2. The van der Waals surface area contributed by atoms with E-state index < -0.39 is 63.5 Å². The van der Waals surface area contributed by atoms with E-state index in [0.717, 1.165) is 26.0 Å². The minimum absolute atomic E-state index is 0.00929. The van der Waals surface area contributed by atoms with Gasteiger partial charge in [-0.2, -0.15) is 21.6 Å². The molecular weight excluding hydrogens is 698 g/mol. The zero-order valence-corrected chi connectivity index (χ0v) is 29.0. The molecule has 1 saturated carbocycles. The summed E-state index contributed by atoms with van der Waals surface area (Å²) < 4.78 is 86.5. The number of methoxy groups -OCH3 is 1. The Morgan fingerprint density at radius 3 is 2.47 bits per heavy atom. The highest BCUT2D eigenvalue weighted by molar-refractivity contribution is 7.88. The Balaban J connectivity index is 1.34. The van der Waals surface area contributed by atoms with Crippen LogP contribution in [0.4, 0.5) is 17.6 Å². The Hall–Kier alpha value is -4.77. The van der Waals surface area contributed by atoms with Gasteiger partial charge in [0.1, 0.15) is 17.6 Å². The van der Waals surface area contributed by atoms with E-state index in [4.69, 9.17) is 4.74 Å². The quantitative estimate of drug-likeness (QED) is 0.159. The number of aromatic nitrogens is 1. The third kappa shape index (κ3) is 8.76. The second kappa shape index (κ2) is 14.8. The molecule has 1 aromatic heterocycles. The van der Waals surface area contributed by atoms with Gasteiger partial charge in [-0.15, -0.1) is 0 Å². The molecule has 17 heteroatoms. The number of ether oxygens (including phenoxy) is 1. The Morgan fingerprint density at radius 2 is 1.82 bits per heavy atom. The van der Waals surface area contributed by atoms with Crippen molar-refractivity contribution in [1.29, 1.82) is 0 Å². The number of halogens is 4. The molecule has 5 rings (SSSR count). The van der Waals surface area contributed by atoms with Crippen LogP contribution < -0.4 is 19.6 Å². The zero-order valence-electron chi connectivity index (χ0n) is 28.2. The van der Waals surface area contributed by atoms with Crippen molar-refractivity contribution in [3.63, 3.8) is 0 Å². The maximum absolute atomic E-state index is 13.8. The van der Waals surface area contributed by atoms with Gasteiger partial charge in [0.2, 0.25) is 11.8 Å². The van der Waals surface area contributed by atoms with Crippen LogP contribution in [0.1, 0.15) is 53.8 Å². The number of carbonyl (C=O) groups is 3. The summed E-state index contributed by atoms with van der Waals surface area (Å²) in [5, 5.41) is 5.84. The second-order valence-corrected chi connectivity index (χ2v) is 14.2. The lowest BCUT2D eigenvalue weighted by Crippen LogP contribution is -2.49. The van der Waals surface area contributed by atoms with Crippen LogP contribution in [0.5, 0.6) is 11.5 Å². The number of rotatable bonds is 12. The van der Waals surface area contributed by atoms with Gasteiger partial charge in [0.25, 0.3) is 5.91 Å². The van der Waals surface area contributed by atoms with Gasteiger partial charge in [0.05, 0.1) is 25.2 Å². The normalized spacial score (nSPS) is 18.6. The smallest absolute Gasteiger partial charge is 0.493 e. The number of benzene rings is 2. The van der Waals surface area contributed by atoms with Crippen LogP contribution in [-0.4, -0.2) is 92.8 Å². The summed E-state index contributed by atoms with van der Waals surface area (Å²) in [6.45, 7) is 1.27. The first-order chi connectivity index (χ1) is 24.0. The van der Waals surface area contributed by atoms with Gasteiger partial charge in [0.15, 0.2) is 11.5 Å². The molecule has 0 spiro atoms. The van der Waals surface area contributed by atoms with Crippen molar-refractivity contribution in [3.05, 3.63) is 71.2 Å². The van der Waals surface area contributed by atoms with Crippen molar-refractivity contribution in [3.8, 4) is 11.5 Å². The molecule has 3 atom stereocenters. The molecule has 0 bridgehead atoms.